The number of fused-ring (bicyclic) bond motifs is 1. The Labute approximate surface area is 119 Å². The molecule has 0 aliphatic carbocycles. The van der Waals surface area contributed by atoms with E-state index < -0.39 is 5.41 Å². The van der Waals surface area contributed by atoms with Crippen molar-refractivity contribution in [1.29, 1.82) is 0 Å². The third-order valence-corrected chi connectivity index (χ3v) is 3.81. The lowest BCUT2D eigenvalue weighted by atomic mass is 9.86. The first-order chi connectivity index (χ1) is 9.25. The van der Waals surface area contributed by atoms with Crippen LogP contribution in [0.25, 0.3) is 0 Å². The highest BCUT2D eigenvalue weighted by molar-refractivity contribution is 6.07. The van der Waals surface area contributed by atoms with E-state index in [1.807, 2.05) is 32.0 Å². The van der Waals surface area contributed by atoms with Crippen LogP contribution in [0.5, 0.6) is 0 Å². The number of benzene rings is 1. The third kappa shape index (κ3) is 2.24. The van der Waals surface area contributed by atoms with E-state index in [-0.39, 0.29) is 18.4 Å². The minimum Gasteiger partial charge on any atom is -0.376 e. The normalized spacial score (nSPS) is 16.1. The second kappa shape index (κ2) is 4.81. The van der Waals surface area contributed by atoms with Crippen molar-refractivity contribution in [1.82, 2.24) is 4.90 Å². The minimum atomic E-state index is -0.521. The van der Waals surface area contributed by atoms with Gasteiger partial charge in [0, 0.05) is 32.5 Å². The number of carbonyl (C=O) groups excluding carboxylic acids is 2. The summed E-state index contributed by atoms with van der Waals surface area (Å²) in [6.07, 6.45) is 0. The van der Waals surface area contributed by atoms with Gasteiger partial charge in [-0.3, -0.25) is 9.59 Å². The highest BCUT2D eigenvalue weighted by Gasteiger charge is 2.42. The Morgan fingerprint density at radius 3 is 2.60 bits per heavy atom. The van der Waals surface area contributed by atoms with Gasteiger partial charge in [-0.05, 0) is 37.6 Å². The number of nitrogens with one attached hydrogen (secondary N) is 1. The van der Waals surface area contributed by atoms with Gasteiger partial charge in [-0.2, -0.15) is 0 Å². The fourth-order valence-electron chi connectivity index (χ4n) is 2.42. The van der Waals surface area contributed by atoms with Crippen molar-refractivity contribution in [2.45, 2.75) is 19.3 Å². The number of nitrogens with zero attached hydrogens (tertiary/aromatic N) is 2. The SMILES string of the molecule is CN(C)C(=O)CNc1ccc2c(c1)C(C)(C)C(=O)N2C. The third-order valence-electron chi connectivity index (χ3n) is 3.81. The lowest BCUT2D eigenvalue weighted by Crippen LogP contribution is -2.33. The Morgan fingerprint density at radius 2 is 2.00 bits per heavy atom. The van der Waals surface area contributed by atoms with E-state index in [0.717, 1.165) is 16.9 Å². The van der Waals surface area contributed by atoms with Gasteiger partial charge in [0.05, 0.1) is 12.0 Å². The van der Waals surface area contributed by atoms with Gasteiger partial charge in [0.1, 0.15) is 0 Å². The Kier molecular flexibility index (Phi) is 3.46. The lowest BCUT2D eigenvalue weighted by Gasteiger charge is -2.17. The fourth-order valence-corrected chi connectivity index (χ4v) is 2.42. The van der Waals surface area contributed by atoms with E-state index >= 15 is 0 Å². The van der Waals surface area contributed by atoms with Crippen molar-refractivity contribution in [2.75, 3.05) is 37.9 Å². The van der Waals surface area contributed by atoms with Crippen molar-refractivity contribution in [3.8, 4) is 0 Å². The van der Waals surface area contributed by atoms with E-state index in [1.165, 1.54) is 0 Å². The standard InChI is InChI=1S/C15H21N3O2/c1-15(2)11-8-10(16-9-13(19)17(3)4)6-7-12(11)18(5)14(15)20/h6-8,16H,9H2,1-5H3. The summed E-state index contributed by atoms with van der Waals surface area (Å²) >= 11 is 0. The van der Waals surface area contributed by atoms with Gasteiger partial charge in [0.15, 0.2) is 0 Å². The highest BCUT2D eigenvalue weighted by Crippen LogP contribution is 2.41. The predicted molar refractivity (Wildman–Crippen MR) is 80.1 cm³/mol. The number of rotatable bonds is 3. The first kappa shape index (κ1) is 14.4. The lowest BCUT2D eigenvalue weighted by molar-refractivity contribution is -0.126. The average molecular weight is 275 g/mol. The van der Waals surface area contributed by atoms with E-state index in [0.29, 0.717) is 0 Å². The fraction of sp³-hybridized carbons (Fsp3) is 0.467. The summed E-state index contributed by atoms with van der Waals surface area (Å²) in [6, 6.07) is 5.77. The van der Waals surface area contributed by atoms with E-state index in [4.69, 9.17) is 0 Å². The molecule has 0 fully saturated rings. The summed E-state index contributed by atoms with van der Waals surface area (Å²) in [5.74, 6) is 0.104. The number of hydrogen-bond acceptors (Lipinski definition) is 3. The number of likely N-dealkylation sites (N-methyl/N-ethyl adjacent to an activating group) is 2. The van der Waals surface area contributed by atoms with Crippen LogP contribution in [0.3, 0.4) is 0 Å². The molecule has 1 aliphatic heterocycles. The second-order valence-electron chi connectivity index (χ2n) is 5.86. The molecule has 0 aromatic heterocycles. The molecular weight excluding hydrogens is 254 g/mol. The molecule has 0 atom stereocenters. The topological polar surface area (TPSA) is 52.7 Å². The van der Waals surface area contributed by atoms with Crippen LogP contribution in [0.15, 0.2) is 18.2 Å². The second-order valence-corrected chi connectivity index (χ2v) is 5.86. The van der Waals surface area contributed by atoms with Crippen molar-refractivity contribution >= 4 is 23.2 Å². The van der Waals surface area contributed by atoms with Gasteiger partial charge >= 0.3 is 0 Å². The molecule has 0 unspecified atom stereocenters. The molecule has 5 heteroatoms. The van der Waals surface area contributed by atoms with Crippen LogP contribution in [-0.4, -0.2) is 44.4 Å². The van der Waals surface area contributed by atoms with Crippen LogP contribution < -0.4 is 10.2 Å². The Hall–Kier alpha value is -2.04. The van der Waals surface area contributed by atoms with Crippen LogP contribution in [0.4, 0.5) is 11.4 Å². The van der Waals surface area contributed by atoms with Crippen LogP contribution >= 0.6 is 0 Å². The molecule has 1 aromatic rings. The van der Waals surface area contributed by atoms with Crippen LogP contribution in [0.1, 0.15) is 19.4 Å². The molecule has 1 aliphatic rings. The summed E-state index contributed by atoms with van der Waals surface area (Å²) < 4.78 is 0. The Morgan fingerprint density at radius 1 is 1.35 bits per heavy atom. The van der Waals surface area contributed by atoms with E-state index in [9.17, 15) is 9.59 Å². The molecule has 1 N–H and O–H groups in total. The smallest absolute Gasteiger partial charge is 0.241 e. The van der Waals surface area contributed by atoms with Crippen molar-refractivity contribution in [3.63, 3.8) is 0 Å². The zero-order valence-electron chi connectivity index (χ0n) is 12.7. The summed E-state index contributed by atoms with van der Waals surface area (Å²) in [4.78, 5) is 27.0. The molecule has 20 heavy (non-hydrogen) atoms. The molecule has 0 spiro atoms. The Bertz CT molecular complexity index is 564. The number of amides is 2. The van der Waals surface area contributed by atoms with Crippen molar-refractivity contribution in [2.24, 2.45) is 0 Å². The van der Waals surface area contributed by atoms with Crippen LogP contribution in [0.2, 0.25) is 0 Å². The molecule has 1 aromatic carbocycles. The van der Waals surface area contributed by atoms with E-state index in [2.05, 4.69) is 5.32 Å². The van der Waals surface area contributed by atoms with Gasteiger partial charge in [-0.15, -0.1) is 0 Å². The van der Waals surface area contributed by atoms with Crippen LogP contribution in [-0.2, 0) is 15.0 Å². The number of carbonyl (C=O) groups is 2. The molecule has 5 nitrogen and oxygen atoms in total. The molecule has 0 saturated carbocycles. The summed E-state index contributed by atoms with van der Waals surface area (Å²) in [7, 11) is 5.24. The minimum absolute atomic E-state index is 0.0120. The maximum atomic E-state index is 12.2. The monoisotopic (exact) mass is 275 g/mol. The van der Waals surface area contributed by atoms with Gasteiger partial charge in [0.25, 0.3) is 0 Å². The zero-order chi connectivity index (χ0) is 15.1. The van der Waals surface area contributed by atoms with Gasteiger partial charge in [-0.25, -0.2) is 0 Å². The van der Waals surface area contributed by atoms with Crippen molar-refractivity contribution in [3.05, 3.63) is 23.8 Å². The van der Waals surface area contributed by atoms with Gasteiger partial charge < -0.3 is 15.1 Å². The molecule has 0 saturated heterocycles. The summed E-state index contributed by atoms with van der Waals surface area (Å²) in [5.41, 5.74) is 2.26. The van der Waals surface area contributed by atoms with Crippen molar-refractivity contribution < 1.29 is 9.59 Å². The van der Waals surface area contributed by atoms with E-state index in [1.54, 1.807) is 30.9 Å². The van der Waals surface area contributed by atoms with Crippen LogP contribution in [0, 0.1) is 0 Å². The molecule has 1 heterocycles. The molecule has 2 amide bonds. The average Bonchev–Trinajstić information content (AvgIpc) is 2.57. The first-order valence-corrected chi connectivity index (χ1v) is 6.62. The largest absolute Gasteiger partial charge is 0.376 e. The predicted octanol–water partition coefficient (Wildman–Crippen LogP) is 1.44. The maximum Gasteiger partial charge on any atom is 0.241 e. The quantitative estimate of drug-likeness (QED) is 0.908. The first-order valence-electron chi connectivity index (χ1n) is 6.62. The maximum absolute atomic E-state index is 12.2. The highest BCUT2D eigenvalue weighted by atomic mass is 16.2. The number of hydrogen-bond donors (Lipinski definition) is 1. The molecular formula is C15H21N3O2. The zero-order valence-corrected chi connectivity index (χ0v) is 12.7. The summed E-state index contributed by atoms with van der Waals surface area (Å²) in [5, 5.41) is 3.10. The molecule has 2 rings (SSSR count). The molecule has 0 radical (unpaired) electrons. The molecule has 108 valence electrons. The summed E-state index contributed by atoms with van der Waals surface area (Å²) in [6.45, 7) is 4.09. The number of anilines is 2. The van der Waals surface area contributed by atoms with Gasteiger partial charge in [0.2, 0.25) is 11.8 Å². The molecule has 0 bridgehead atoms. The van der Waals surface area contributed by atoms with Gasteiger partial charge in [-0.1, -0.05) is 0 Å². The Balaban J connectivity index is 2.23.